The average molecular weight is 825 g/mol. The molecule has 4 nitrogen and oxygen atoms in total. The molecule has 0 fully saturated rings. The summed E-state index contributed by atoms with van der Waals surface area (Å²) < 4.78 is 42.9. The Morgan fingerprint density at radius 1 is 0.915 bits per heavy atom. The van der Waals surface area contributed by atoms with E-state index in [2.05, 4.69) is 78.9 Å². The average Bonchev–Trinajstić information content (AvgIpc) is 3.39. The van der Waals surface area contributed by atoms with Crippen LogP contribution in [0, 0.1) is 36.1 Å². The number of benzene rings is 2. The fourth-order valence-corrected chi connectivity index (χ4v) is 7.21. The predicted molar refractivity (Wildman–Crippen MR) is 191 cm³/mol. The largest absolute Gasteiger partial charge is 0.486 e. The van der Waals surface area contributed by atoms with Crippen molar-refractivity contribution in [3.05, 3.63) is 108 Å². The fraction of sp³-hybridized carbons (Fsp3) is 0.325. The van der Waals surface area contributed by atoms with Crippen molar-refractivity contribution >= 4 is 35.3 Å². The summed E-state index contributed by atoms with van der Waals surface area (Å²) in [6.45, 7) is 15.6. The Labute approximate surface area is 297 Å². The Morgan fingerprint density at radius 3 is 2.32 bits per heavy atom. The minimum Gasteiger partial charge on any atom is -0.486 e. The van der Waals surface area contributed by atoms with Crippen LogP contribution in [0.1, 0.15) is 55.6 Å². The Morgan fingerprint density at radius 2 is 1.66 bits per heavy atom. The third kappa shape index (κ3) is 8.89. The predicted octanol–water partition coefficient (Wildman–Crippen LogP) is 10.2. The molecule has 0 bridgehead atoms. The van der Waals surface area contributed by atoms with Crippen molar-refractivity contribution in [3.8, 4) is 22.5 Å². The van der Waals surface area contributed by atoms with Crippen LogP contribution in [0.25, 0.3) is 44.6 Å². The maximum Gasteiger partial charge on any atom is 0.216 e. The van der Waals surface area contributed by atoms with E-state index in [1.807, 2.05) is 45.0 Å². The van der Waals surface area contributed by atoms with Gasteiger partial charge in [0, 0.05) is 41.5 Å². The second-order valence-electron chi connectivity index (χ2n) is 14.5. The van der Waals surface area contributed by atoms with Gasteiger partial charge in [-0.15, -0.1) is 54.1 Å². The molecule has 0 aliphatic rings. The van der Waals surface area contributed by atoms with E-state index in [1.165, 1.54) is 23.0 Å². The van der Waals surface area contributed by atoms with Gasteiger partial charge in [0.2, 0.25) is 5.71 Å². The Balaban J connectivity index is 0.000000236. The van der Waals surface area contributed by atoms with Crippen molar-refractivity contribution < 1.29 is 33.0 Å². The van der Waals surface area contributed by atoms with Gasteiger partial charge in [0.1, 0.15) is 5.82 Å². The van der Waals surface area contributed by atoms with E-state index in [9.17, 15) is 4.39 Å². The van der Waals surface area contributed by atoms with Gasteiger partial charge in [-0.1, -0.05) is 82.9 Å². The van der Waals surface area contributed by atoms with E-state index in [0.717, 1.165) is 23.1 Å². The molecule has 4 heterocycles. The van der Waals surface area contributed by atoms with Crippen molar-refractivity contribution in [1.82, 2.24) is 15.0 Å². The smallest absolute Gasteiger partial charge is 0.216 e. The summed E-state index contributed by atoms with van der Waals surface area (Å²) >= 11 is 0. The maximum absolute atomic E-state index is 14.3. The molecule has 7 heteroatoms. The van der Waals surface area contributed by atoms with Crippen LogP contribution in [-0.2, 0) is 32.9 Å². The molecular weight excluding hydrogens is 778 g/mol. The number of aromatic nitrogens is 3. The summed E-state index contributed by atoms with van der Waals surface area (Å²) in [4.78, 5) is 13.1. The SMILES string of the molecule is CC(C)Cc1cc(-c2[c-]cccc2)ncc1[Si](C)(C)C.[2H]C([2H])([2H])c1ccc2c(n1)oc1c(-c3cc(CC(C)(C)C)c(F)cn3)[c-]ccc12.[Ir]. The quantitative estimate of drug-likeness (QED) is 0.124. The maximum atomic E-state index is 14.3. The minimum absolute atomic E-state index is 0. The topological polar surface area (TPSA) is 51.8 Å². The van der Waals surface area contributed by atoms with Crippen LogP contribution < -0.4 is 5.19 Å². The summed E-state index contributed by atoms with van der Waals surface area (Å²) in [6.07, 6.45) is 5.02. The van der Waals surface area contributed by atoms with Crippen LogP contribution in [0.2, 0.25) is 19.6 Å². The molecule has 6 aromatic rings. The van der Waals surface area contributed by atoms with Crippen LogP contribution >= 0.6 is 0 Å². The van der Waals surface area contributed by atoms with E-state index in [-0.39, 0.29) is 42.7 Å². The zero-order chi connectivity index (χ0) is 35.7. The second-order valence-corrected chi connectivity index (χ2v) is 19.5. The molecule has 0 saturated carbocycles. The number of furan rings is 1. The number of fused-ring (bicyclic) bond motifs is 3. The normalized spacial score (nSPS) is 13.0. The van der Waals surface area contributed by atoms with E-state index in [1.54, 1.807) is 18.2 Å². The molecule has 247 valence electrons. The van der Waals surface area contributed by atoms with Gasteiger partial charge in [0.05, 0.1) is 19.9 Å². The minimum atomic E-state index is -2.32. The summed E-state index contributed by atoms with van der Waals surface area (Å²) in [7, 11) is -1.34. The fourth-order valence-electron chi connectivity index (χ4n) is 5.62. The van der Waals surface area contributed by atoms with Gasteiger partial charge in [-0.2, -0.15) is 0 Å². The molecule has 6 rings (SSSR count). The first kappa shape index (κ1) is 32.1. The van der Waals surface area contributed by atoms with Gasteiger partial charge >= 0.3 is 0 Å². The molecular formula is C40H44FIrN3OSi-2. The first-order valence-electron chi connectivity index (χ1n) is 17.3. The molecule has 2 aromatic carbocycles. The molecule has 0 atom stereocenters. The van der Waals surface area contributed by atoms with E-state index < -0.39 is 14.9 Å². The number of rotatable bonds is 6. The molecule has 0 aliphatic carbocycles. The Hall–Kier alpha value is -3.51. The van der Waals surface area contributed by atoms with Gasteiger partial charge in [-0.3, -0.25) is 0 Å². The molecule has 0 spiro atoms. The number of hydrogen-bond donors (Lipinski definition) is 0. The van der Waals surface area contributed by atoms with Crippen LogP contribution in [-0.4, -0.2) is 23.0 Å². The number of pyridine rings is 3. The van der Waals surface area contributed by atoms with Crippen molar-refractivity contribution in [2.45, 2.75) is 74.0 Å². The molecule has 4 aromatic heterocycles. The Bertz CT molecular complexity index is 2080. The number of halogens is 1. The summed E-state index contributed by atoms with van der Waals surface area (Å²) in [5.41, 5.74) is 5.95. The van der Waals surface area contributed by atoms with Crippen molar-refractivity contribution in [1.29, 1.82) is 0 Å². The van der Waals surface area contributed by atoms with E-state index in [4.69, 9.17) is 8.53 Å². The van der Waals surface area contributed by atoms with Gasteiger partial charge in [0.15, 0.2) is 0 Å². The molecule has 0 N–H and O–H groups in total. The standard InChI is InChI=1S/C22H20FN2O.C18H24NSi.Ir/c1-13-8-9-16-15-6-5-7-17(20(15)26-21(16)25-13)19-10-14(11-22(2,3)4)18(23)12-24-19;1-14(2)11-16-12-17(15-9-7-6-8-10-15)19-13-18(16)20(3,4)5;/h5-6,8-10,12H,11H2,1-4H3;6-9,12-14H,11H2,1-5H3;/q2*-1;/i1D3;;. The van der Waals surface area contributed by atoms with Crippen LogP contribution in [0.3, 0.4) is 0 Å². The van der Waals surface area contributed by atoms with Gasteiger partial charge in [-0.25, -0.2) is 9.37 Å². The second kappa shape index (κ2) is 14.7. The van der Waals surface area contributed by atoms with Crippen LogP contribution in [0.4, 0.5) is 4.39 Å². The Kier molecular flexibility index (Phi) is 10.0. The third-order valence-corrected chi connectivity index (χ3v) is 9.69. The van der Waals surface area contributed by atoms with E-state index in [0.29, 0.717) is 40.1 Å². The summed E-state index contributed by atoms with van der Waals surface area (Å²) in [5.74, 6) is 0.324. The van der Waals surface area contributed by atoms with E-state index >= 15 is 0 Å². The van der Waals surface area contributed by atoms with Gasteiger partial charge in [0.25, 0.3) is 0 Å². The monoisotopic (exact) mass is 825 g/mol. The number of hydrogen-bond acceptors (Lipinski definition) is 4. The van der Waals surface area contributed by atoms with Gasteiger partial charge in [-0.05, 0) is 65.3 Å². The van der Waals surface area contributed by atoms with Gasteiger partial charge < -0.3 is 14.4 Å². The summed E-state index contributed by atoms with van der Waals surface area (Å²) in [6, 6.07) is 25.2. The zero-order valence-corrected chi connectivity index (χ0v) is 31.8. The first-order valence-corrected chi connectivity index (χ1v) is 19.3. The molecule has 0 unspecified atom stereocenters. The molecule has 1 radical (unpaired) electrons. The van der Waals surface area contributed by atoms with Crippen molar-refractivity contribution in [2.24, 2.45) is 11.3 Å². The zero-order valence-electron chi connectivity index (χ0n) is 31.4. The molecule has 47 heavy (non-hydrogen) atoms. The number of nitrogens with zero attached hydrogens (tertiary/aromatic N) is 3. The number of aryl methyl sites for hydroxylation is 1. The molecule has 0 saturated heterocycles. The third-order valence-electron chi connectivity index (χ3n) is 7.62. The molecule has 0 aliphatic heterocycles. The van der Waals surface area contributed by atoms with Crippen molar-refractivity contribution in [2.75, 3.05) is 0 Å². The van der Waals surface area contributed by atoms with Crippen molar-refractivity contribution in [3.63, 3.8) is 0 Å². The first-order chi connectivity index (χ1) is 22.9. The summed E-state index contributed by atoms with van der Waals surface area (Å²) in [5, 5.41) is 2.98. The van der Waals surface area contributed by atoms with Crippen LogP contribution in [0.15, 0.2) is 77.5 Å². The van der Waals surface area contributed by atoms with Crippen LogP contribution in [0.5, 0.6) is 0 Å². The molecule has 0 amide bonds.